The summed E-state index contributed by atoms with van der Waals surface area (Å²) < 4.78 is 0. The zero-order valence-corrected chi connectivity index (χ0v) is 12.9. The van der Waals surface area contributed by atoms with Crippen LogP contribution >= 0.6 is 0 Å². The molecule has 116 valence electrons. The Morgan fingerprint density at radius 3 is 2.45 bits per heavy atom. The van der Waals surface area contributed by atoms with Gasteiger partial charge in [-0.2, -0.15) is 0 Å². The lowest BCUT2D eigenvalue weighted by Gasteiger charge is -2.10. The molecule has 2 aromatic rings. The minimum absolute atomic E-state index is 0.177. The number of anilines is 1. The van der Waals surface area contributed by atoms with E-state index in [9.17, 15) is 4.79 Å². The molecule has 0 aliphatic heterocycles. The molecule has 22 heavy (non-hydrogen) atoms. The van der Waals surface area contributed by atoms with Gasteiger partial charge < -0.3 is 15.5 Å². The minimum Gasteiger partial charge on any atom is -0.353 e. The monoisotopic (exact) mass is 299 g/mol. The van der Waals surface area contributed by atoms with Crippen LogP contribution in [0.3, 0.4) is 0 Å². The Morgan fingerprint density at radius 2 is 1.82 bits per heavy atom. The summed E-state index contributed by atoms with van der Waals surface area (Å²) in [4.78, 5) is 22.4. The Morgan fingerprint density at radius 1 is 1.14 bits per heavy atom. The van der Waals surface area contributed by atoms with Crippen molar-refractivity contribution >= 4 is 11.9 Å². The van der Waals surface area contributed by atoms with Crippen LogP contribution in [0.1, 0.15) is 15.9 Å². The molecule has 0 unspecified atom stereocenters. The van der Waals surface area contributed by atoms with Crippen molar-refractivity contribution < 1.29 is 4.79 Å². The lowest BCUT2D eigenvalue weighted by Crippen LogP contribution is -2.24. The highest BCUT2D eigenvalue weighted by molar-refractivity contribution is 5.93. The molecular formula is C16H21N5O. The number of rotatable bonds is 7. The van der Waals surface area contributed by atoms with E-state index in [1.807, 2.05) is 44.4 Å². The normalized spacial score (nSPS) is 10.5. The Labute approximate surface area is 130 Å². The average molecular weight is 299 g/mol. The summed E-state index contributed by atoms with van der Waals surface area (Å²) in [6.07, 6.45) is 3.07. The molecule has 1 aromatic carbocycles. The van der Waals surface area contributed by atoms with Crippen LogP contribution in [0.5, 0.6) is 0 Å². The van der Waals surface area contributed by atoms with Gasteiger partial charge in [0.15, 0.2) is 0 Å². The van der Waals surface area contributed by atoms with Gasteiger partial charge in [-0.05, 0) is 19.7 Å². The second kappa shape index (κ2) is 8.09. The maximum atomic E-state index is 12.0. The third-order valence-corrected chi connectivity index (χ3v) is 3.05. The van der Waals surface area contributed by atoms with Crippen LogP contribution in [0, 0.1) is 0 Å². The zero-order valence-electron chi connectivity index (χ0n) is 12.9. The number of likely N-dealkylation sites (N-methyl/N-ethyl adjacent to an activating group) is 1. The smallest absolute Gasteiger partial charge is 0.254 e. The average Bonchev–Trinajstić information content (AvgIpc) is 2.54. The van der Waals surface area contributed by atoms with E-state index in [4.69, 9.17) is 0 Å². The van der Waals surface area contributed by atoms with Crippen LogP contribution in [0.15, 0.2) is 42.7 Å². The van der Waals surface area contributed by atoms with Crippen molar-refractivity contribution in [2.24, 2.45) is 0 Å². The molecule has 0 atom stereocenters. The Balaban J connectivity index is 1.83. The Kier molecular flexibility index (Phi) is 5.85. The fourth-order valence-electron chi connectivity index (χ4n) is 1.81. The first kappa shape index (κ1) is 15.9. The molecule has 1 amide bonds. The van der Waals surface area contributed by atoms with Gasteiger partial charge in [-0.25, -0.2) is 9.97 Å². The van der Waals surface area contributed by atoms with E-state index < -0.39 is 0 Å². The number of aromatic nitrogens is 2. The second-order valence-electron chi connectivity index (χ2n) is 5.19. The van der Waals surface area contributed by atoms with E-state index in [0.29, 0.717) is 18.1 Å². The molecule has 0 aliphatic rings. The topological polar surface area (TPSA) is 70.2 Å². The molecule has 6 heteroatoms. The molecule has 0 saturated carbocycles. The molecular weight excluding hydrogens is 278 g/mol. The highest BCUT2D eigenvalue weighted by atomic mass is 16.1. The van der Waals surface area contributed by atoms with Crippen LogP contribution in [0.25, 0.3) is 0 Å². The molecule has 0 spiro atoms. The maximum absolute atomic E-state index is 12.0. The molecule has 0 saturated heterocycles. The van der Waals surface area contributed by atoms with Gasteiger partial charge in [-0.1, -0.05) is 30.3 Å². The number of amides is 1. The van der Waals surface area contributed by atoms with Crippen molar-refractivity contribution in [2.45, 2.75) is 6.54 Å². The molecule has 0 fully saturated rings. The molecule has 1 aromatic heterocycles. The fraction of sp³-hybridized carbons (Fsp3) is 0.312. The highest BCUT2D eigenvalue weighted by Crippen LogP contribution is 2.02. The van der Waals surface area contributed by atoms with Gasteiger partial charge >= 0.3 is 0 Å². The number of carbonyl (C=O) groups excluding carboxylic acids is 1. The van der Waals surface area contributed by atoms with E-state index in [0.717, 1.165) is 18.7 Å². The summed E-state index contributed by atoms with van der Waals surface area (Å²) in [6.45, 7) is 2.14. The van der Waals surface area contributed by atoms with Gasteiger partial charge in [0.25, 0.3) is 5.91 Å². The lowest BCUT2D eigenvalue weighted by atomic mass is 10.2. The third-order valence-electron chi connectivity index (χ3n) is 3.05. The largest absolute Gasteiger partial charge is 0.353 e. The van der Waals surface area contributed by atoms with Crippen molar-refractivity contribution in [3.8, 4) is 0 Å². The Hall–Kier alpha value is -2.47. The molecule has 0 aliphatic carbocycles. The van der Waals surface area contributed by atoms with E-state index in [1.165, 1.54) is 12.4 Å². The van der Waals surface area contributed by atoms with E-state index >= 15 is 0 Å². The summed E-state index contributed by atoms with van der Waals surface area (Å²) in [5, 5.41) is 5.95. The van der Waals surface area contributed by atoms with Gasteiger partial charge in [0.1, 0.15) is 0 Å². The van der Waals surface area contributed by atoms with E-state index in [-0.39, 0.29) is 5.91 Å². The van der Waals surface area contributed by atoms with Crippen molar-refractivity contribution in [1.29, 1.82) is 0 Å². The summed E-state index contributed by atoms with van der Waals surface area (Å²) >= 11 is 0. The van der Waals surface area contributed by atoms with Crippen LogP contribution in [-0.2, 0) is 6.54 Å². The van der Waals surface area contributed by atoms with Crippen LogP contribution in [-0.4, -0.2) is 48.0 Å². The highest BCUT2D eigenvalue weighted by Gasteiger charge is 2.06. The summed E-state index contributed by atoms with van der Waals surface area (Å²) in [5.74, 6) is 0.352. The van der Waals surface area contributed by atoms with E-state index in [2.05, 4.69) is 25.5 Å². The predicted molar refractivity (Wildman–Crippen MR) is 86.7 cm³/mol. The van der Waals surface area contributed by atoms with Gasteiger partial charge in [0, 0.05) is 32.0 Å². The fourth-order valence-corrected chi connectivity index (χ4v) is 1.81. The third kappa shape index (κ3) is 5.14. The maximum Gasteiger partial charge on any atom is 0.254 e. The number of hydrogen-bond acceptors (Lipinski definition) is 5. The predicted octanol–water partition coefficient (Wildman–Crippen LogP) is 1.38. The van der Waals surface area contributed by atoms with Gasteiger partial charge in [0.2, 0.25) is 5.95 Å². The van der Waals surface area contributed by atoms with Crippen molar-refractivity contribution in [3.05, 3.63) is 53.9 Å². The second-order valence-corrected chi connectivity index (χ2v) is 5.19. The first-order chi connectivity index (χ1) is 10.6. The lowest BCUT2D eigenvalue weighted by molar-refractivity contribution is 0.0950. The zero-order chi connectivity index (χ0) is 15.8. The Bertz CT molecular complexity index is 583. The first-order valence-corrected chi connectivity index (χ1v) is 7.18. The van der Waals surface area contributed by atoms with Crippen LogP contribution in [0.2, 0.25) is 0 Å². The molecule has 1 heterocycles. The standard InChI is InChI=1S/C16H21N5O/c1-21(2)9-8-17-16-19-11-14(12-20-16)15(22)18-10-13-6-4-3-5-7-13/h3-7,11-12H,8-10H2,1-2H3,(H,18,22)(H,17,19,20). The minimum atomic E-state index is -0.177. The van der Waals surface area contributed by atoms with Gasteiger partial charge in [-0.15, -0.1) is 0 Å². The number of nitrogens with one attached hydrogen (secondary N) is 2. The van der Waals surface area contributed by atoms with E-state index in [1.54, 1.807) is 0 Å². The summed E-state index contributed by atoms with van der Waals surface area (Å²) in [6, 6.07) is 9.77. The van der Waals surface area contributed by atoms with Crippen LogP contribution < -0.4 is 10.6 Å². The molecule has 2 N–H and O–H groups in total. The number of hydrogen-bond donors (Lipinski definition) is 2. The number of benzene rings is 1. The summed E-state index contributed by atoms with van der Waals surface area (Å²) in [7, 11) is 4.01. The van der Waals surface area contributed by atoms with Crippen molar-refractivity contribution in [2.75, 3.05) is 32.5 Å². The first-order valence-electron chi connectivity index (χ1n) is 7.18. The number of carbonyl (C=O) groups is 1. The van der Waals surface area contributed by atoms with Gasteiger partial charge in [0.05, 0.1) is 5.56 Å². The molecule has 0 bridgehead atoms. The van der Waals surface area contributed by atoms with Crippen molar-refractivity contribution in [3.63, 3.8) is 0 Å². The summed E-state index contributed by atoms with van der Waals surface area (Å²) in [5.41, 5.74) is 1.51. The van der Waals surface area contributed by atoms with Crippen LogP contribution in [0.4, 0.5) is 5.95 Å². The number of nitrogens with zero attached hydrogens (tertiary/aromatic N) is 3. The van der Waals surface area contributed by atoms with Crippen molar-refractivity contribution in [1.82, 2.24) is 20.2 Å². The SMILES string of the molecule is CN(C)CCNc1ncc(C(=O)NCc2ccccc2)cn1. The quantitative estimate of drug-likeness (QED) is 0.808. The molecule has 2 rings (SSSR count). The molecule has 0 radical (unpaired) electrons. The molecule has 6 nitrogen and oxygen atoms in total. The van der Waals surface area contributed by atoms with Gasteiger partial charge in [-0.3, -0.25) is 4.79 Å².